The van der Waals surface area contributed by atoms with Crippen molar-refractivity contribution in [1.82, 2.24) is 19.5 Å². The number of hydrogen-bond acceptors (Lipinski definition) is 6. The fourth-order valence-corrected chi connectivity index (χ4v) is 2.01. The van der Waals surface area contributed by atoms with Crippen LogP contribution in [0.25, 0.3) is 11.2 Å². The minimum absolute atomic E-state index is 0.0120. The predicted molar refractivity (Wildman–Crippen MR) is 74.8 cm³/mol. The molecule has 0 amide bonds. The van der Waals surface area contributed by atoms with E-state index in [2.05, 4.69) is 15.0 Å². The highest BCUT2D eigenvalue weighted by Crippen LogP contribution is 2.14. The molecular formula is C12H10N6O3. The molecule has 0 atom stereocenters. The number of nitrogens with one attached hydrogen (secondary N) is 1. The standard InChI is InChI=1S/C12H10N6O3/c13-12-15-10-9(11(19)16-12)14-6-17(10)5-7-1-3-8(4-2-7)18(20)21/h1-4,6H,5H2,(H3,13,15,16,19). The van der Waals surface area contributed by atoms with E-state index in [9.17, 15) is 14.9 Å². The summed E-state index contributed by atoms with van der Waals surface area (Å²) in [6.07, 6.45) is 1.48. The highest BCUT2D eigenvalue weighted by Gasteiger charge is 2.10. The summed E-state index contributed by atoms with van der Waals surface area (Å²) in [4.78, 5) is 32.2. The summed E-state index contributed by atoms with van der Waals surface area (Å²) in [5, 5.41) is 10.6. The number of imidazole rings is 1. The number of non-ortho nitro benzene ring substituents is 1. The van der Waals surface area contributed by atoms with Crippen molar-refractivity contribution in [3.8, 4) is 0 Å². The zero-order valence-corrected chi connectivity index (χ0v) is 10.7. The lowest BCUT2D eigenvalue weighted by Gasteiger charge is -2.04. The fourth-order valence-electron chi connectivity index (χ4n) is 2.01. The number of nitro groups is 1. The van der Waals surface area contributed by atoms with Gasteiger partial charge in [0.15, 0.2) is 11.2 Å². The van der Waals surface area contributed by atoms with E-state index < -0.39 is 10.5 Å². The van der Waals surface area contributed by atoms with Crippen LogP contribution in [0.3, 0.4) is 0 Å². The van der Waals surface area contributed by atoms with Crippen molar-refractivity contribution in [2.45, 2.75) is 6.54 Å². The van der Waals surface area contributed by atoms with Crippen LogP contribution in [0.2, 0.25) is 0 Å². The molecule has 2 heterocycles. The first kappa shape index (κ1) is 12.8. The molecule has 0 unspecified atom stereocenters. The molecule has 3 rings (SSSR count). The summed E-state index contributed by atoms with van der Waals surface area (Å²) in [7, 11) is 0. The highest BCUT2D eigenvalue weighted by molar-refractivity contribution is 5.70. The topological polar surface area (TPSA) is 133 Å². The molecule has 2 aromatic heterocycles. The number of nitrogens with zero attached hydrogens (tertiary/aromatic N) is 4. The summed E-state index contributed by atoms with van der Waals surface area (Å²) in [5.41, 5.74) is 6.53. The smallest absolute Gasteiger partial charge is 0.280 e. The molecule has 0 aliphatic carbocycles. The molecule has 0 saturated carbocycles. The Morgan fingerprint density at radius 1 is 1.33 bits per heavy atom. The lowest BCUT2D eigenvalue weighted by Crippen LogP contribution is -2.12. The van der Waals surface area contributed by atoms with Gasteiger partial charge in [-0.3, -0.25) is 19.9 Å². The monoisotopic (exact) mass is 286 g/mol. The molecule has 3 N–H and O–H groups in total. The molecule has 9 nitrogen and oxygen atoms in total. The molecule has 0 saturated heterocycles. The molecule has 0 aliphatic rings. The van der Waals surface area contributed by atoms with E-state index in [1.54, 1.807) is 16.7 Å². The third-order valence-electron chi connectivity index (χ3n) is 2.99. The van der Waals surface area contributed by atoms with Gasteiger partial charge in [0.25, 0.3) is 11.2 Å². The van der Waals surface area contributed by atoms with Crippen LogP contribution < -0.4 is 11.3 Å². The first-order valence-electron chi connectivity index (χ1n) is 5.98. The second kappa shape index (κ2) is 4.71. The number of hydrogen-bond donors (Lipinski definition) is 2. The summed E-state index contributed by atoms with van der Waals surface area (Å²) < 4.78 is 1.65. The molecule has 1 aromatic carbocycles. The van der Waals surface area contributed by atoms with Gasteiger partial charge in [0.1, 0.15) is 0 Å². The van der Waals surface area contributed by atoms with E-state index in [4.69, 9.17) is 5.73 Å². The number of aromatic amines is 1. The van der Waals surface area contributed by atoms with Crippen molar-refractivity contribution in [3.05, 3.63) is 56.6 Å². The van der Waals surface area contributed by atoms with Gasteiger partial charge in [-0.2, -0.15) is 4.98 Å². The number of fused-ring (bicyclic) bond motifs is 1. The van der Waals surface area contributed by atoms with Gasteiger partial charge in [-0.1, -0.05) is 12.1 Å². The Hall–Kier alpha value is -3.23. The van der Waals surface area contributed by atoms with Crippen LogP contribution in [-0.2, 0) is 6.54 Å². The lowest BCUT2D eigenvalue weighted by atomic mass is 10.2. The summed E-state index contributed by atoms with van der Waals surface area (Å²) in [6, 6.07) is 6.12. The third-order valence-corrected chi connectivity index (χ3v) is 2.99. The molecule has 106 valence electrons. The van der Waals surface area contributed by atoms with E-state index in [1.807, 2.05) is 0 Å². The zero-order chi connectivity index (χ0) is 15.0. The normalized spacial score (nSPS) is 10.9. The van der Waals surface area contributed by atoms with Crippen molar-refractivity contribution in [2.24, 2.45) is 0 Å². The fraction of sp³-hybridized carbons (Fsp3) is 0.0833. The number of nitrogens with two attached hydrogens (primary N) is 1. The van der Waals surface area contributed by atoms with Crippen molar-refractivity contribution < 1.29 is 4.92 Å². The Bertz CT molecular complexity index is 880. The van der Waals surface area contributed by atoms with Crippen molar-refractivity contribution in [3.63, 3.8) is 0 Å². The minimum Gasteiger partial charge on any atom is -0.369 e. The number of aromatic nitrogens is 4. The van der Waals surface area contributed by atoms with E-state index in [-0.39, 0.29) is 17.2 Å². The van der Waals surface area contributed by atoms with Gasteiger partial charge in [-0.05, 0) is 5.56 Å². The average Bonchev–Trinajstić information content (AvgIpc) is 2.83. The summed E-state index contributed by atoms with van der Waals surface area (Å²) >= 11 is 0. The molecule has 3 aromatic rings. The van der Waals surface area contributed by atoms with Crippen molar-refractivity contribution >= 4 is 22.8 Å². The highest BCUT2D eigenvalue weighted by atomic mass is 16.6. The van der Waals surface area contributed by atoms with E-state index >= 15 is 0 Å². The van der Waals surface area contributed by atoms with E-state index in [0.717, 1.165) is 5.56 Å². The van der Waals surface area contributed by atoms with Gasteiger partial charge in [0, 0.05) is 12.1 Å². The zero-order valence-electron chi connectivity index (χ0n) is 10.7. The quantitative estimate of drug-likeness (QED) is 0.536. The number of benzene rings is 1. The molecule has 0 radical (unpaired) electrons. The van der Waals surface area contributed by atoms with Gasteiger partial charge >= 0.3 is 0 Å². The Morgan fingerprint density at radius 3 is 2.71 bits per heavy atom. The van der Waals surface area contributed by atoms with Crippen LogP contribution in [0.1, 0.15) is 5.56 Å². The van der Waals surface area contributed by atoms with Gasteiger partial charge < -0.3 is 10.3 Å². The van der Waals surface area contributed by atoms with Crippen molar-refractivity contribution in [1.29, 1.82) is 0 Å². The molecule has 9 heteroatoms. The maximum absolute atomic E-state index is 11.7. The molecule has 21 heavy (non-hydrogen) atoms. The number of H-pyrrole nitrogens is 1. The summed E-state index contributed by atoms with van der Waals surface area (Å²) in [5.74, 6) is 0.0120. The molecule has 0 aliphatic heterocycles. The van der Waals surface area contributed by atoms with Gasteiger partial charge in [-0.15, -0.1) is 0 Å². The second-order valence-electron chi connectivity index (χ2n) is 4.42. The lowest BCUT2D eigenvalue weighted by molar-refractivity contribution is -0.384. The van der Waals surface area contributed by atoms with E-state index in [1.165, 1.54) is 18.5 Å². The summed E-state index contributed by atoms with van der Waals surface area (Å²) in [6.45, 7) is 0.379. The number of nitrogen functional groups attached to an aromatic ring is 1. The SMILES string of the molecule is Nc1nc2c(ncn2Cc2ccc([N+](=O)[O-])cc2)c(=O)[nH]1. The van der Waals surface area contributed by atoms with Gasteiger partial charge in [-0.25, -0.2) is 4.98 Å². The number of nitro benzene ring substituents is 1. The Kier molecular flexibility index (Phi) is 2.87. The van der Waals surface area contributed by atoms with Crippen LogP contribution in [0.5, 0.6) is 0 Å². The average molecular weight is 286 g/mol. The number of anilines is 1. The van der Waals surface area contributed by atoms with Crippen LogP contribution in [0, 0.1) is 10.1 Å². The minimum atomic E-state index is -0.460. The molecular weight excluding hydrogens is 276 g/mol. The first-order valence-corrected chi connectivity index (χ1v) is 5.98. The molecule has 0 bridgehead atoms. The second-order valence-corrected chi connectivity index (χ2v) is 4.42. The van der Waals surface area contributed by atoms with Gasteiger partial charge in [0.2, 0.25) is 5.95 Å². The number of rotatable bonds is 3. The Balaban J connectivity index is 1.98. The maximum Gasteiger partial charge on any atom is 0.280 e. The Morgan fingerprint density at radius 2 is 2.05 bits per heavy atom. The predicted octanol–water partition coefficient (Wildman–Crippen LogP) is 0.658. The molecule has 0 fully saturated rings. The Labute approximate surface area is 117 Å². The van der Waals surface area contributed by atoms with Crippen molar-refractivity contribution in [2.75, 3.05) is 5.73 Å². The van der Waals surface area contributed by atoms with E-state index in [0.29, 0.717) is 12.2 Å². The van der Waals surface area contributed by atoms with Crippen LogP contribution in [0.15, 0.2) is 35.4 Å². The van der Waals surface area contributed by atoms with Crippen LogP contribution >= 0.6 is 0 Å². The van der Waals surface area contributed by atoms with Gasteiger partial charge in [0.05, 0.1) is 17.8 Å². The largest absolute Gasteiger partial charge is 0.369 e. The maximum atomic E-state index is 11.7. The van der Waals surface area contributed by atoms with Crippen LogP contribution in [-0.4, -0.2) is 24.4 Å². The first-order chi connectivity index (χ1) is 10.0. The molecule has 0 spiro atoms. The van der Waals surface area contributed by atoms with Crippen LogP contribution in [0.4, 0.5) is 11.6 Å². The third kappa shape index (κ3) is 2.31.